The lowest BCUT2D eigenvalue weighted by molar-refractivity contribution is 1.28. The second kappa shape index (κ2) is 3.33. The molecule has 0 fully saturated rings. The summed E-state index contributed by atoms with van der Waals surface area (Å²) in [5.41, 5.74) is 2.77. The van der Waals surface area contributed by atoms with E-state index < -0.39 is 0 Å². The summed E-state index contributed by atoms with van der Waals surface area (Å²) in [5, 5.41) is 0. The molecule has 0 bridgehead atoms. The molecule has 0 saturated carbocycles. The number of aromatic nitrogens is 2. The molecule has 0 aliphatic carbocycles. The predicted molar refractivity (Wildman–Crippen MR) is 53.0 cm³/mol. The van der Waals surface area contributed by atoms with Gasteiger partial charge < -0.3 is 0 Å². The zero-order chi connectivity index (χ0) is 8.39. The van der Waals surface area contributed by atoms with Gasteiger partial charge in [0, 0.05) is 6.20 Å². The number of nitrogens with zero attached hydrogens (tertiary/aromatic N) is 2. The summed E-state index contributed by atoms with van der Waals surface area (Å²) in [6.07, 6.45) is 1.82. The smallest absolute Gasteiger partial charge is 0.106 e. The maximum absolute atomic E-state index is 4.30. The highest BCUT2D eigenvalue weighted by Crippen LogP contribution is 2.21. The Kier molecular flexibility index (Phi) is 2.19. The molecule has 60 valence electrons. The quantitative estimate of drug-likeness (QED) is 0.717. The summed E-state index contributed by atoms with van der Waals surface area (Å²) in [7, 11) is 0. The average Bonchev–Trinajstić information content (AvgIpc) is 2.56. The van der Waals surface area contributed by atoms with Crippen molar-refractivity contribution in [2.24, 2.45) is 0 Å². The van der Waals surface area contributed by atoms with Gasteiger partial charge >= 0.3 is 0 Å². The van der Waals surface area contributed by atoms with Crippen molar-refractivity contribution < 1.29 is 0 Å². The number of hydrogen-bond donors (Lipinski definition) is 0. The molecule has 0 N–H and O–H groups in total. The van der Waals surface area contributed by atoms with E-state index in [1.807, 2.05) is 24.4 Å². The van der Waals surface area contributed by atoms with Crippen molar-refractivity contribution in [2.75, 3.05) is 0 Å². The van der Waals surface area contributed by atoms with Crippen LogP contribution < -0.4 is 0 Å². The molecule has 0 saturated heterocycles. The highest BCUT2D eigenvalue weighted by Gasteiger charge is 1.99. The molecule has 4 heteroatoms. The van der Waals surface area contributed by atoms with Gasteiger partial charge in [-0.15, -0.1) is 11.3 Å². The van der Waals surface area contributed by atoms with Crippen LogP contribution in [0.5, 0.6) is 0 Å². The van der Waals surface area contributed by atoms with E-state index in [9.17, 15) is 0 Å². The number of thiazole rings is 1. The van der Waals surface area contributed by atoms with Gasteiger partial charge in [0.05, 0.1) is 16.1 Å². The van der Waals surface area contributed by atoms with Gasteiger partial charge in [-0.3, -0.25) is 4.98 Å². The van der Waals surface area contributed by atoms with Crippen molar-refractivity contribution in [3.05, 3.63) is 34.5 Å². The molecule has 2 aromatic heterocycles. The maximum atomic E-state index is 4.30. The van der Waals surface area contributed by atoms with Crippen molar-refractivity contribution in [2.45, 2.75) is 0 Å². The van der Waals surface area contributed by atoms with Crippen molar-refractivity contribution in [3.8, 4) is 10.6 Å². The third-order valence-corrected chi connectivity index (χ3v) is 2.64. The number of rotatable bonds is 1. The van der Waals surface area contributed by atoms with Crippen LogP contribution in [0.4, 0.5) is 0 Å². The van der Waals surface area contributed by atoms with Gasteiger partial charge in [-0.1, -0.05) is 6.07 Å². The third kappa shape index (κ3) is 1.54. The second-order valence-corrected chi connectivity index (χ2v) is 3.91. The molecule has 0 aromatic carbocycles. The van der Waals surface area contributed by atoms with Crippen LogP contribution in [0.3, 0.4) is 0 Å². The monoisotopic (exact) mass is 240 g/mol. The standard InChI is InChI=1S/C8H5BrN2S/c9-8-3-1-2-6(11-8)7-4-10-5-12-7/h1-5H. The lowest BCUT2D eigenvalue weighted by Crippen LogP contribution is -1.79. The van der Waals surface area contributed by atoms with Crippen LogP contribution in [-0.4, -0.2) is 9.97 Å². The van der Waals surface area contributed by atoms with Gasteiger partial charge in [0.25, 0.3) is 0 Å². The van der Waals surface area contributed by atoms with Gasteiger partial charge in [-0.25, -0.2) is 4.98 Å². The van der Waals surface area contributed by atoms with Crippen LogP contribution in [0.15, 0.2) is 34.5 Å². The molecule has 0 aliphatic rings. The van der Waals surface area contributed by atoms with Gasteiger partial charge in [0.2, 0.25) is 0 Å². The first-order valence-electron chi connectivity index (χ1n) is 3.38. The number of pyridine rings is 1. The van der Waals surface area contributed by atoms with Gasteiger partial charge in [0.15, 0.2) is 0 Å². The van der Waals surface area contributed by atoms with Crippen LogP contribution in [0, 0.1) is 0 Å². The summed E-state index contributed by atoms with van der Waals surface area (Å²) in [6, 6.07) is 5.84. The lowest BCUT2D eigenvalue weighted by Gasteiger charge is -1.94. The fourth-order valence-corrected chi connectivity index (χ4v) is 1.82. The third-order valence-electron chi connectivity index (χ3n) is 1.40. The average molecular weight is 241 g/mol. The lowest BCUT2D eigenvalue weighted by atomic mass is 10.3. The molecule has 2 heterocycles. The molecule has 2 rings (SSSR count). The Morgan fingerprint density at radius 3 is 2.92 bits per heavy atom. The first kappa shape index (κ1) is 7.89. The first-order chi connectivity index (χ1) is 5.86. The van der Waals surface area contributed by atoms with E-state index in [0.29, 0.717) is 0 Å². The predicted octanol–water partition coefficient (Wildman–Crippen LogP) is 2.97. The normalized spacial score (nSPS) is 10.1. The summed E-state index contributed by atoms with van der Waals surface area (Å²) in [4.78, 5) is 9.39. The van der Waals surface area contributed by atoms with Crippen LogP contribution >= 0.6 is 27.3 Å². The van der Waals surface area contributed by atoms with E-state index in [-0.39, 0.29) is 0 Å². The Morgan fingerprint density at radius 2 is 2.25 bits per heavy atom. The SMILES string of the molecule is Brc1cccc(-c2cncs2)n1. The Bertz CT molecular complexity index is 372. The molecule has 0 atom stereocenters. The Morgan fingerprint density at radius 1 is 1.33 bits per heavy atom. The van der Waals surface area contributed by atoms with Crippen molar-refractivity contribution in [3.63, 3.8) is 0 Å². The molecule has 0 radical (unpaired) electrons. The number of hydrogen-bond acceptors (Lipinski definition) is 3. The largest absolute Gasteiger partial charge is 0.252 e. The zero-order valence-electron chi connectivity index (χ0n) is 6.07. The van der Waals surface area contributed by atoms with Gasteiger partial charge in [-0.2, -0.15) is 0 Å². The van der Waals surface area contributed by atoms with Crippen LogP contribution in [0.2, 0.25) is 0 Å². The Balaban J connectivity index is 2.48. The summed E-state index contributed by atoms with van der Waals surface area (Å²) in [6.45, 7) is 0. The van der Waals surface area contributed by atoms with Crippen LogP contribution in [0.1, 0.15) is 0 Å². The highest BCUT2D eigenvalue weighted by atomic mass is 79.9. The molecular weight excluding hydrogens is 236 g/mol. The van der Waals surface area contributed by atoms with E-state index in [2.05, 4.69) is 25.9 Å². The molecule has 2 nitrogen and oxygen atoms in total. The molecule has 0 unspecified atom stereocenters. The molecule has 0 aliphatic heterocycles. The summed E-state index contributed by atoms with van der Waals surface area (Å²) < 4.78 is 0.855. The van der Waals surface area contributed by atoms with E-state index in [1.54, 1.807) is 16.8 Å². The minimum atomic E-state index is 0.855. The zero-order valence-corrected chi connectivity index (χ0v) is 8.47. The van der Waals surface area contributed by atoms with Crippen molar-refractivity contribution in [1.29, 1.82) is 0 Å². The summed E-state index contributed by atoms with van der Waals surface area (Å²) in [5.74, 6) is 0. The molecular formula is C8H5BrN2S. The molecule has 0 spiro atoms. The molecule has 0 amide bonds. The molecule has 12 heavy (non-hydrogen) atoms. The van der Waals surface area contributed by atoms with E-state index in [0.717, 1.165) is 15.2 Å². The number of halogens is 1. The van der Waals surface area contributed by atoms with E-state index in [1.165, 1.54) is 0 Å². The van der Waals surface area contributed by atoms with Crippen molar-refractivity contribution >= 4 is 27.3 Å². The highest BCUT2D eigenvalue weighted by molar-refractivity contribution is 9.10. The Hall–Kier alpha value is -0.740. The van der Waals surface area contributed by atoms with E-state index >= 15 is 0 Å². The van der Waals surface area contributed by atoms with Gasteiger partial charge in [-0.05, 0) is 28.1 Å². The topological polar surface area (TPSA) is 25.8 Å². The second-order valence-electron chi connectivity index (χ2n) is 2.21. The van der Waals surface area contributed by atoms with Crippen LogP contribution in [0.25, 0.3) is 10.6 Å². The fraction of sp³-hybridized carbons (Fsp3) is 0. The maximum Gasteiger partial charge on any atom is 0.106 e. The summed E-state index contributed by atoms with van der Waals surface area (Å²) >= 11 is 4.91. The van der Waals surface area contributed by atoms with Crippen molar-refractivity contribution in [1.82, 2.24) is 9.97 Å². The van der Waals surface area contributed by atoms with E-state index in [4.69, 9.17) is 0 Å². The minimum absolute atomic E-state index is 0.855. The first-order valence-corrected chi connectivity index (χ1v) is 5.05. The minimum Gasteiger partial charge on any atom is -0.252 e. The van der Waals surface area contributed by atoms with Gasteiger partial charge in [0.1, 0.15) is 4.60 Å². The van der Waals surface area contributed by atoms with Crippen LogP contribution in [-0.2, 0) is 0 Å². The fourth-order valence-electron chi connectivity index (χ4n) is 0.888. The Labute approximate surface area is 82.4 Å². The molecule has 2 aromatic rings.